The second kappa shape index (κ2) is 6.53. The van der Waals surface area contributed by atoms with Gasteiger partial charge in [0.2, 0.25) is 5.88 Å². The number of aliphatic hydroxyl groups excluding tert-OH is 1. The molecule has 2 rings (SSSR count). The van der Waals surface area contributed by atoms with Crippen LogP contribution in [0.2, 0.25) is 0 Å². The molecule has 1 fully saturated rings. The maximum Gasteiger partial charge on any atom is 0.242 e. The minimum Gasteiger partial charge on any atom is -0.479 e. The Kier molecular flexibility index (Phi) is 4.75. The van der Waals surface area contributed by atoms with Gasteiger partial charge in [0.15, 0.2) is 5.82 Å². The number of rotatable bonds is 5. The van der Waals surface area contributed by atoms with Crippen LogP contribution < -0.4 is 15.4 Å². The molecule has 106 valence electrons. The largest absolute Gasteiger partial charge is 0.479 e. The Morgan fingerprint density at radius 2 is 2.16 bits per heavy atom. The molecule has 7 heteroatoms. The van der Waals surface area contributed by atoms with Gasteiger partial charge in [0.05, 0.1) is 26.4 Å². The van der Waals surface area contributed by atoms with Gasteiger partial charge in [-0.2, -0.15) is 4.98 Å². The quantitative estimate of drug-likeness (QED) is 0.779. The van der Waals surface area contributed by atoms with Crippen LogP contribution in [0.1, 0.15) is 12.8 Å². The molecule has 7 nitrogen and oxygen atoms in total. The van der Waals surface area contributed by atoms with Gasteiger partial charge in [-0.3, -0.25) is 0 Å². The average Bonchev–Trinajstić information content (AvgIpc) is 2.46. The van der Waals surface area contributed by atoms with Gasteiger partial charge in [-0.25, -0.2) is 4.98 Å². The first-order chi connectivity index (χ1) is 9.26. The molecular formula is C12H20N4O3. The van der Waals surface area contributed by atoms with Gasteiger partial charge in [0.1, 0.15) is 12.0 Å². The zero-order chi connectivity index (χ0) is 13.7. The molecule has 0 saturated carbocycles. The molecule has 0 aliphatic carbocycles. The van der Waals surface area contributed by atoms with Crippen molar-refractivity contribution in [2.24, 2.45) is 0 Å². The molecule has 0 unspecified atom stereocenters. The number of nitrogens with two attached hydrogens (primary N) is 1. The minimum absolute atomic E-state index is 0.0657. The van der Waals surface area contributed by atoms with Gasteiger partial charge in [-0.1, -0.05) is 0 Å². The van der Waals surface area contributed by atoms with Crippen molar-refractivity contribution in [3.8, 4) is 5.88 Å². The number of nitrogen functional groups attached to an aromatic ring is 1. The van der Waals surface area contributed by atoms with Crippen LogP contribution in [0.15, 0.2) is 6.33 Å². The lowest BCUT2D eigenvalue weighted by atomic mass is 10.1. The molecule has 19 heavy (non-hydrogen) atoms. The first-order valence-corrected chi connectivity index (χ1v) is 6.38. The smallest absolute Gasteiger partial charge is 0.242 e. The lowest BCUT2D eigenvalue weighted by Gasteiger charge is -2.33. The lowest BCUT2D eigenvalue weighted by Crippen LogP contribution is -2.38. The third kappa shape index (κ3) is 3.24. The monoisotopic (exact) mass is 268 g/mol. The molecule has 1 saturated heterocycles. The third-order valence-electron chi connectivity index (χ3n) is 3.21. The van der Waals surface area contributed by atoms with E-state index in [0.717, 1.165) is 25.9 Å². The van der Waals surface area contributed by atoms with Crippen LogP contribution in [0.3, 0.4) is 0 Å². The summed E-state index contributed by atoms with van der Waals surface area (Å²) in [6, 6.07) is 0. The molecule has 2 heterocycles. The second-order valence-electron chi connectivity index (χ2n) is 4.40. The summed E-state index contributed by atoms with van der Waals surface area (Å²) in [5.41, 5.74) is 6.46. The highest BCUT2D eigenvalue weighted by molar-refractivity contribution is 5.67. The van der Waals surface area contributed by atoms with Gasteiger partial charge in [0, 0.05) is 13.1 Å². The summed E-state index contributed by atoms with van der Waals surface area (Å²) in [5, 5.41) is 8.74. The molecule has 0 bridgehead atoms. The highest BCUT2D eigenvalue weighted by Crippen LogP contribution is 2.29. The van der Waals surface area contributed by atoms with Gasteiger partial charge in [0.25, 0.3) is 0 Å². The number of aliphatic hydroxyl groups is 1. The number of anilines is 2. The second-order valence-corrected chi connectivity index (χ2v) is 4.40. The predicted molar refractivity (Wildman–Crippen MR) is 71.3 cm³/mol. The zero-order valence-corrected chi connectivity index (χ0v) is 11.1. The molecule has 1 aromatic rings. The summed E-state index contributed by atoms with van der Waals surface area (Å²) in [7, 11) is 1.54. The highest BCUT2D eigenvalue weighted by atomic mass is 16.5. The lowest BCUT2D eigenvalue weighted by molar-refractivity contribution is 0.0158. The summed E-state index contributed by atoms with van der Waals surface area (Å²) < 4.78 is 10.6. The van der Waals surface area contributed by atoms with E-state index < -0.39 is 0 Å². The molecule has 3 N–H and O–H groups in total. The molecule has 0 atom stereocenters. The van der Waals surface area contributed by atoms with E-state index in [1.807, 2.05) is 0 Å². The third-order valence-corrected chi connectivity index (χ3v) is 3.21. The molecule has 0 amide bonds. The highest BCUT2D eigenvalue weighted by Gasteiger charge is 2.23. The molecular weight excluding hydrogens is 248 g/mol. The average molecular weight is 268 g/mol. The van der Waals surface area contributed by atoms with Crippen molar-refractivity contribution in [1.82, 2.24) is 9.97 Å². The number of nitrogens with zero attached hydrogens (tertiary/aromatic N) is 3. The Bertz CT molecular complexity index is 408. The Balaban J connectivity index is 1.98. The molecule has 1 aliphatic rings. The molecule has 0 radical (unpaired) electrons. The number of hydrogen-bond donors (Lipinski definition) is 2. The van der Waals surface area contributed by atoms with Crippen molar-refractivity contribution in [3.05, 3.63) is 6.33 Å². The number of piperidine rings is 1. The van der Waals surface area contributed by atoms with Crippen LogP contribution in [0.4, 0.5) is 11.5 Å². The van der Waals surface area contributed by atoms with Crippen molar-refractivity contribution >= 4 is 11.5 Å². The summed E-state index contributed by atoms with van der Waals surface area (Å²) >= 11 is 0. The van der Waals surface area contributed by atoms with Gasteiger partial charge < -0.3 is 25.2 Å². The minimum atomic E-state index is 0.0657. The van der Waals surface area contributed by atoms with Crippen molar-refractivity contribution in [2.75, 3.05) is 44.0 Å². The Morgan fingerprint density at radius 1 is 1.42 bits per heavy atom. The van der Waals surface area contributed by atoms with Crippen LogP contribution in [0.25, 0.3) is 0 Å². The first-order valence-electron chi connectivity index (χ1n) is 6.38. The maximum atomic E-state index is 8.74. The fraction of sp³-hybridized carbons (Fsp3) is 0.667. The Hall–Kier alpha value is -1.60. The summed E-state index contributed by atoms with van der Waals surface area (Å²) in [5.74, 6) is 1.12. The van der Waals surface area contributed by atoms with E-state index in [9.17, 15) is 0 Å². The molecule has 1 aromatic heterocycles. The van der Waals surface area contributed by atoms with E-state index >= 15 is 0 Å². The van der Waals surface area contributed by atoms with Crippen LogP contribution in [-0.4, -0.2) is 54.6 Å². The maximum absolute atomic E-state index is 8.74. The van der Waals surface area contributed by atoms with Gasteiger partial charge in [-0.05, 0) is 12.8 Å². The van der Waals surface area contributed by atoms with Gasteiger partial charge >= 0.3 is 0 Å². The van der Waals surface area contributed by atoms with Crippen LogP contribution in [-0.2, 0) is 4.74 Å². The van der Waals surface area contributed by atoms with E-state index in [0.29, 0.717) is 24.0 Å². The number of ether oxygens (including phenoxy) is 2. The Labute approximate surface area is 112 Å². The van der Waals surface area contributed by atoms with Gasteiger partial charge in [-0.15, -0.1) is 0 Å². The number of methoxy groups -OCH3 is 1. The summed E-state index contributed by atoms with van der Waals surface area (Å²) in [4.78, 5) is 10.3. The van der Waals surface area contributed by atoms with E-state index in [2.05, 4.69) is 14.9 Å². The first kappa shape index (κ1) is 13.8. The fourth-order valence-electron chi connectivity index (χ4n) is 2.24. The fourth-order valence-corrected chi connectivity index (χ4v) is 2.24. The molecule has 0 aromatic carbocycles. The van der Waals surface area contributed by atoms with E-state index in [1.54, 1.807) is 0 Å². The van der Waals surface area contributed by atoms with Crippen LogP contribution in [0, 0.1) is 0 Å². The summed E-state index contributed by atoms with van der Waals surface area (Å²) in [6.45, 7) is 2.10. The molecule has 1 aliphatic heterocycles. The van der Waals surface area contributed by atoms with E-state index in [1.165, 1.54) is 13.4 Å². The summed E-state index contributed by atoms with van der Waals surface area (Å²) in [6.07, 6.45) is 3.45. The van der Waals surface area contributed by atoms with Crippen LogP contribution in [0.5, 0.6) is 5.88 Å². The van der Waals surface area contributed by atoms with Crippen LogP contribution >= 0.6 is 0 Å². The van der Waals surface area contributed by atoms with E-state index in [4.69, 9.17) is 20.3 Å². The van der Waals surface area contributed by atoms with Crippen molar-refractivity contribution in [1.29, 1.82) is 0 Å². The van der Waals surface area contributed by atoms with Crippen molar-refractivity contribution in [2.45, 2.75) is 18.9 Å². The predicted octanol–water partition coefficient (Wildman–Crippen LogP) is 0.0451. The number of hydrogen-bond acceptors (Lipinski definition) is 7. The van der Waals surface area contributed by atoms with E-state index in [-0.39, 0.29) is 12.7 Å². The zero-order valence-electron chi connectivity index (χ0n) is 11.1. The normalized spacial score (nSPS) is 16.6. The van der Waals surface area contributed by atoms with Crippen molar-refractivity contribution in [3.63, 3.8) is 0 Å². The molecule has 0 spiro atoms. The SMILES string of the molecule is COc1ncnc(N2CCC(OCCO)CC2)c1N. The van der Waals surface area contributed by atoms with Crippen molar-refractivity contribution < 1.29 is 14.6 Å². The Morgan fingerprint density at radius 3 is 2.79 bits per heavy atom. The standard InChI is InChI=1S/C12H20N4O3/c1-18-12-10(13)11(14-8-15-12)16-4-2-9(3-5-16)19-7-6-17/h8-9,17H,2-7,13H2,1H3. The topological polar surface area (TPSA) is 93.7 Å². The number of aromatic nitrogens is 2.